The Morgan fingerprint density at radius 1 is 0.266 bits per heavy atom. The molecule has 64 heavy (non-hydrogen) atoms. The molecule has 0 aliphatic carbocycles. The van der Waals surface area contributed by atoms with Crippen molar-refractivity contribution in [3.8, 4) is 23.0 Å². The summed E-state index contributed by atoms with van der Waals surface area (Å²) in [7, 11) is 0. The fourth-order valence-electron chi connectivity index (χ4n) is 9.26. The van der Waals surface area contributed by atoms with E-state index in [0.29, 0.717) is 5.82 Å². The molecule has 0 spiro atoms. The van der Waals surface area contributed by atoms with Crippen LogP contribution in [0.15, 0.2) is 243 Å². The van der Waals surface area contributed by atoms with Crippen LogP contribution in [0, 0.1) is 0 Å². The normalized spacial score (nSPS) is 11.4. The van der Waals surface area contributed by atoms with Gasteiger partial charge in [0.05, 0.1) is 22.1 Å². The summed E-state index contributed by atoms with van der Waals surface area (Å²) >= 11 is 0. The van der Waals surface area contributed by atoms with E-state index in [2.05, 4.69) is 243 Å². The molecule has 12 aromatic rings. The summed E-state index contributed by atoms with van der Waals surface area (Å²) in [6, 6.07) is 85.5. The number of hydrogen-bond donors (Lipinski definition) is 0. The molecule has 0 aliphatic rings. The Morgan fingerprint density at radius 2 is 0.594 bits per heavy atom. The van der Waals surface area contributed by atoms with E-state index in [9.17, 15) is 0 Å². The molecule has 0 fully saturated rings. The average Bonchev–Trinajstić information content (AvgIpc) is 3.88. The van der Waals surface area contributed by atoms with Crippen molar-refractivity contribution in [2.24, 2.45) is 0 Å². The van der Waals surface area contributed by atoms with Crippen LogP contribution in [0.2, 0.25) is 0 Å². The van der Waals surface area contributed by atoms with Crippen molar-refractivity contribution in [2.45, 2.75) is 0 Å². The van der Waals surface area contributed by atoms with E-state index < -0.39 is 0 Å². The number of benzene rings is 9. The molecule has 0 N–H and O–H groups in total. The van der Waals surface area contributed by atoms with Crippen molar-refractivity contribution in [1.29, 1.82) is 0 Å². The van der Waals surface area contributed by atoms with Crippen molar-refractivity contribution in [2.75, 3.05) is 9.80 Å². The van der Waals surface area contributed by atoms with Crippen LogP contribution in [0.3, 0.4) is 0 Å². The van der Waals surface area contributed by atoms with Crippen LogP contribution >= 0.6 is 0 Å². The molecule has 3 aromatic heterocycles. The van der Waals surface area contributed by atoms with Gasteiger partial charge in [0, 0.05) is 67.3 Å². The summed E-state index contributed by atoms with van der Waals surface area (Å²) in [5.41, 5.74) is 11.7. The molecule has 0 radical (unpaired) electrons. The van der Waals surface area contributed by atoms with Crippen molar-refractivity contribution < 1.29 is 0 Å². The second kappa shape index (κ2) is 15.6. The molecule has 9 aromatic carbocycles. The first-order valence-electron chi connectivity index (χ1n) is 21.6. The van der Waals surface area contributed by atoms with Gasteiger partial charge < -0.3 is 9.80 Å². The van der Waals surface area contributed by atoms with Crippen molar-refractivity contribution in [1.82, 2.24) is 19.1 Å². The molecule has 6 nitrogen and oxygen atoms in total. The van der Waals surface area contributed by atoms with E-state index in [1.165, 1.54) is 0 Å². The van der Waals surface area contributed by atoms with Gasteiger partial charge in [-0.2, -0.15) is 0 Å². The third-order valence-corrected chi connectivity index (χ3v) is 12.1. The van der Waals surface area contributed by atoms with E-state index in [0.717, 1.165) is 94.9 Å². The topological polar surface area (TPSA) is 42.1 Å². The number of anilines is 6. The van der Waals surface area contributed by atoms with Gasteiger partial charge in [0.15, 0.2) is 5.82 Å². The minimum absolute atomic E-state index is 0.650. The highest BCUT2D eigenvalue weighted by atomic mass is 15.2. The molecule has 0 amide bonds. The molecule has 6 heteroatoms. The first-order chi connectivity index (χ1) is 31.8. The van der Waals surface area contributed by atoms with Gasteiger partial charge in [0.25, 0.3) is 0 Å². The number of hydrogen-bond acceptors (Lipinski definition) is 4. The van der Waals surface area contributed by atoms with Crippen LogP contribution in [0.4, 0.5) is 34.1 Å². The van der Waals surface area contributed by atoms with Gasteiger partial charge in [-0.15, -0.1) is 0 Å². The van der Waals surface area contributed by atoms with E-state index in [4.69, 9.17) is 9.97 Å². The summed E-state index contributed by atoms with van der Waals surface area (Å²) in [4.78, 5) is 15.4. The minimum Gasteiger partial charge on any atom is -0.310 e. The molecular formula is C58H40N6. The van der Waals surface area contributed by atoms with Crippen LogP contribution < -0.4 is 9.80 Å². The van der Waals surface area contributed by atoms with E-state index in [1.807, 2.05) is 18.2 Å². The Kier molecular flexibility index (Phi) is 9.05. The second-order valence-corrected chi connectivity index (χ2v) is 15.9. The number of para-hydroxylation sites is 6. The lowest BCUT2D eigenvalue weighted by molar-refractivity contribution is 0.994. The second-order valence-electron chi connectivity index (χ2n) is 15.9. The lowest BCUT2D eigenvalue weighted by atomic mass is 10.1. The zero-order valence-electron chi connectivity index (χ0n) is 34.8. The van der Waals surface area contributed by atoms with Crippen LogP contribution in [0.1, 0.15) is 0 Å². The predicted molar refractivity (Wildman–Crippen MR) is 266 cm³/mol. The van der Waals surface area contributed by atoms with Gasteiger partial charge in [0.1, 0.15) is 11.6 Å². The predicted octanol–water partition coefficient (Wildman–Crippen LogP) is 15.3. The maximum absolute atomic E-state index is 5.40. The standard InChI is InChI=1S/C58H40N6/c1-6-20-41(21-7-1)58-59-56(63-52-32-18-16-30-48(52)50-38-46(34-36-54(50)63)61(42-22-8-2-9-23-42)43-24-10-3-11-25-43)40-57(60-58)64-53-33-19-17-31-49(53)51-39-47(35-37-55(51)64)62(44-26-12-4-13-27-44)45-28-14-5-15-29-45/h1-40H. The van der Waals surface area contributed by atoms with Crippen LogP contribution in [-0.4, -0.2) is 19.1 Å². The average molecular weight is 821 g/mol. The highest BCUT2D eigenvalue weighted by molar-refractivity contribution is 6.12. The molecule has 0 aliphatic heterocycles. The first-order valence-corrected chi connectivity index (χ1v) is 21.6. The van der Waals surface area contributed by atoms with Crippen LogP contribution in [-0.2, 0) is 0 Å². The fourth-order valence-corrected chi connectivity index (χ4v) is 9.26. The molecule has 0 saturated heterocycles. The van der Waals surface area contributed by atoms with Gasteiger partial charge in [-0.25, -0.2) is 9.97 Å². The van der Waals surface area contributed by atoms with Crippen molar-refractivity contribution >= 4 is 77.7 Å². The molecular weight excluding hydrogens is 781 g/mol. The molecule has 3 heterocycles. The number of fused-ring (bicyclic) bond motifs is 6. The van der Waals surface area contributed by atoms with E-state index in [-0.39, 0.29) is 0 Å². The monoisotopic (exact) mass is 820 g/mol. The summed E-state index contributed by atoms with van der Waals surface area (Å²) in [5, 5.41) is 4.56. The van der Waals surface area contributed by atoms with Gasteiger partial charge >= 0.3 is 0 Å². The Labute approximate surface area is 370 Å². The Balaban J connectivity index is 1.08. The highest BCUT2D eigenvalue weighted by Crippen LogP contribution is 2.42. The maximum atomic E-state index is 5.40. The first kappa shape index (κ1) is 37.1. The van der Waals surface area contributed by atoms with E-state index >= 15 is 0 Å². The molecule has 0 saturated carbocycles. The maximum Gasteiger partial charge on any atom is 0.163 e. The summed E-state index contributed by atoms with van der Waals surface area (Å²) < 4.78 is 4.59. The SMILES string of the molecule is c1ccc(-c2nc(-n3c4ccccc4c4cc(N(c5ccccc5)c5ccccc5)ccc43)cc(-n3c4ccccc4c4cc(N(c5ccccc5)c5ccccc5)ccc43)n2)cc1. The van der Waals surface area contributed by atoms with Crippen LogP contribution in [0.25, 0.3) is 66.6 Å². The zero-order chi connectivity index (χ0) is 42.4. The molecule has 12 rings (SSSR count). The Hall–Kier alpha value is -8.74. The lowest BCUT2D eigenvalue weighted by Crippen LogP contribution is -2.10. The van der Waals surface area contributed by atoms with Crippen molar-refractivity contribution in [3.05, 3.63) is 243 Å². The zero-order valence-corrected chi connectivity index (χ0v) is 34.8. The third-order valence-electron chi connectivity index (χ3n) is 12.1. The number of nitrogens with zero attached hydrogens (tertiary/aromatic N) is 6. The largest absolute Gasteiger partial charge is 0.310 e. The highest BCUT2D eigenvalue weighted by Gasteiger charge is 2.22. The molecule has 302 valence electrons. The summed E-state index contributed by atoms with van der Waals surface area (Å²) in [6.07, 6.45) is 0. The smallest absolute Gasteiger partial charge is 0.163 e. The molecule has 0 atom stereocenters. The minimum atomic E-state index is 0.650. The third kappa shape index (κ3) is 6.36. The quantitative estimate of drug-likeness (QED) is 0.145. The molecule has 0 unspecified atom stereocenters. The Morgan fingerprint density at radius 3 is 0.984 bits per heavy atom. The lowest BCUT2D eigenvalue weighted by Gasteiger charge is -2.25. The van der Waals surface area contributed by atoms with Gasteiger partial charge in [-0.1, -0.05) is 140 Å². The fraction of sp³-hybridized carbons (Fsp3) is 0. The van der Waals surface area contributed by atoms with Gasteiger partial charge in [0.2, 0.25) is 0 Å². The number of rotatable bonds is 9. The van der Waals surface area contributed by atoms with Gasteiger partial charge in [-0.3, -0.25) is 9.13 Å². The van der Waals surface area contributed by atoms with Gasteiger partial charge in [-0.05, 0) is 97.1 Å². The molecule has 0 bridgehead atoms. The van der Waals surface area contributed by atoms with Crippen molar-refractivity contribution in [3.63, 3.8) is 0 Å². The summed E-state index contributed by atoms with van der Waals surface area (Å²) in [5.74, 6) is 2.22. The number of aromatic nitrogens is 4. The van der Waals surface area contributed by atoms with Crippen LogP contribution in [0.5, 0.6) is 0 Å². The van der Waals surface area contributed by atoms with E-state index in [1.54, 1.807) is 0 Å². The Bertz CT molecular complexity index is 3310. The summed E-state index contributed by atoms with van der Waals surface area (Å²) in [6.45, 7) is 0.